The number of ether oxygens (including phenoxy) is 2. The fourth-order valence-electron chi connectivity index (χ4n) is 1.83. The zero-order valence-corrected chi connectivity index (χ0v) is 13.7. The lowest BCUT2D eigenvalue weighted by Crippen LogP contribution is -2.26. The van der Waals surface area contributed by atoms with Crippen LogP contribution in [-0.4, -0.2) is 41.5 Å². The highest BCUT2D eigenvalue weighted by molar-refractivity contribution is 5.94. The van der Waals surface area contributed by atoms with Crippen molar-refractivity contribution < 1.29 is 33.8 Å². The molecule has 0 spiro atoms. The maximum absolute atomic E-state index is 11.7. The van der Waals surface area contributed by atoms with Gasteiger partial charge in [0.1, 0.15) is 0 Å². The first-order valence-corrected chi connectivity index (χ1v) is 7.77. The van der Waals surface area contributed by atoms with E-state index in [4.69, 9.17) is 14.6 Å². The van der Waals surface area contributed by atoms with Crippen LogP contribution in [0.2, 0.25) is 0 Å². The smallest absolute Gasteiger partial charge is 0.330 e. The van der Waals surface area contributed by atoms with Crippen LogP contribution in [0.5, 0.6) is 0 Å². The largest absolute Gasteiger partial charge is 0.481 e. The summed E-state index contributed by atoms with van der Waals surface area (Å²) in [4.78, 5) is 44.7. The van der Waals surface area contributed by atoms with Crippen LogP contribution in [0.15, 0.2) is 25.3 Å². The second kappa shape index (κ2) is 13.0. The number of rotatable bonds is 14. The van der Waals surface area contributed by atoms with Crippen LogP contribution in [0.3, 0.4) is 0 Å². The molecule has 0 aromatic rings. The van der Waals surface area contributed by atoms with Gasteiger partial charge in [0.05, 0.1) is 6.61 Å². The van der Waals surface area contributed by atoms with Gasteiger partial charge in [-0.05, 0) is 38.2 Å². The van der Waals surface area contributed by atoms with Gasteiger partial charge >= 0.3 is 17.9 Å². The summed E-state index contributed by atoms with van der Waals surface area (Å²) in [5.74, 6) is -2.41. The van der Waals surface area contributed by atoms with Crippen LogP contribution in [0, 0.1) is 0 Å². The Hall–Kier alpha value is -2.44. The Labute approximate surface area is 141 Å². The summed E-state index contributed by atoms with van der Waals surface area (Å²) < 4.78 is 9.89. The molecule has 0 aromatic carbocycles. The van der Waals surface area contributed by atoms with Crippen molar-refractivity contribution in [1.82, 2.24) is 0 Å². The minimum Gasteiger partial charge on any atom is -0.481 e. The van der Waals surface area contributed by atoms with E-state index in [-0.39, 0.29) is 32.3 Å². The Morgan fingerprint density at radius 1 is 0.958 bits per heavy atom. The Morgan fingerprint density at radius 3 is 2.25 bits per heavy atom. The standard InChI is InChI=1S/C17H24O7/c1-3-13(18)14(9-8-10-15(19)20)24-17(22)11-6-5-7-12-23-16(21)4-2/h3-4,14H,1-2,5-12H2,(H,19,20). The predicted molar refractivity (Wildman–Crippen MR) is 86.2 cm³/mol. The number of hydrogen-bond donors (Lipinski definition) is 1. The maximum Gasteiger partial charge on any atom is 0.330 e. The summed E-state index contributed by atoms with van der Waals surface area (Å²) in [6.07, 6.45) is 3.40. The summed E-state index contributed by atoms with van der Waals surface area (Å²) >= 11 is 0. The molecule has 0 radical (unpaired) electrons. The quantitative estimate of drug-likeness (QED) is 0.293. The van der Waals surface area contributed by atoms with Gasteiger partial charge < -0.3 is 14.6 Å². The van der Waals surface area contributed by atoms with Crippen LogP contribution in [0.4, 0.5) is 0 Å². The lowest BCUT2D eigenvalue weighted by molar-refractivity contribution is -0.154. The van der Waals surface area contributed by atoms with Crippen molar-refractivity contribution in [3.05, 3.63) is 25.3 Å². The Bertz CT molecular complexity index is 468. The molecule has 0 saturated carbocycles. The summed E-state index contributed by atoms with van der Waals surface area (Å²) in [7, 11) is 0. The SMILES string of the molecule is C=CC(=O)OCCCCCC(=O)OC(CCCC(=O)O)C(=O)C=C. The number of aliphatic carboxylic acids is 1. The normalized spacial score (nSPS) is 11.2. The number of carbonyl (C=O) groups is 4. The molecule has 0 aromatic heterocycles. The molecule has 7 nitrogen and oxygen atoms in total. The van der Waals surface area contributed by atoms with E-state index in [0.29, 0.717) is 19.3 Å². The van der Waals surface area contributed by atoms with Crippen LogP contribution in [0.25, 0.3) is 0 Å². The molecule has 134 valence electrons. The first-order chi connectivity index (χ1) is 11.4. The Balaban J connectivity index is 4.02. The molecule has 0 rings (SSSR count). The van der Waals surface area contributed by atoms with E-state index in [0.717, 1.165) is 12.2 Å². The highest BCUT2D eigenvalue weighted by Gasteiger charge is 2.20. The van der Waals surface area contributed by atoms with Gasteiger partial charge in [0.25, 0.3) is 0 Å². The van der Waals surface area contributed by atoms with Crippen molar-refractivity contribution in [3.8, 4) is 0 Å². The van der Waals surface area contributed by atoms with Crippen LogP contribution in [0.1, 0.15) is 44.9 Å². The number of carbonyl (C=O) groups excluding carboxylic acids is 3. The van der Waals surface area contributed by atoms with Crippen molar-refractivity contribution in [1.29, 1.82) is 0 Å². The molecule has 0 heterocycles. The second-order valence-corrected chi connectivity index (χ2v) is 5.05. The van der Waals surface area contributed by atoms with Gasteiger partial charge in [0.2, 0.25) is 0 Å². The fourth-order valence-corrected chi connectivity index (χ4v) is 1.83. The first kappa shape index (κ1) is 21.6. The molecule has 0 aliphatic rings. The van der Waals surface area contributed by atoms with E-state index in [1.165, 1.54) is 0 Å². The maximum atomic E-state index is 11.7. The lowest BCUT2D eigenvalue weighted by atomic mass is 10.1. The second-order valence-electron chi connectivity index (χ2n) is 5.05. The molecular weight excluding hydrogens is 316 g/mol. The minimum absolute atomic E-state index is 0.0953. The van der Waals surface area contributed by atoms with E-state index < -0.39 is 29.8 Å². The predicted octanol–water partition coefficient (Wildman–Crippen LogP) is 2.20. The van der Waals surface area contributed by atoms with Gasteiger partial charge in [-0.3, -0.25) is 14.4 Å². The average molecular weight is 340 g/mol. The van der Waals surface area contributed by atoms with E-state index in [1.807, 2.05) is 0 Å². The van der Waals surface area contributed by atoms with Gasteiger partial charge in [0.15, 0.2) is 11.9 Å². The molecule has 0 bridgehead atoms. The summed E-state index contributed by atoms with van der Waals surface area (Å²) in [5, 5.41) is 8.59. The number of carboxylic acids is 1. The number of ketones is 1. The average Bonchev–Trinajstić information content (AvgIpc) is 2.55. The van der Waals surface area contributed by atoms with Crippen molar-refractivity contribution in [3.63, 3.8) is 0 Å². The Morgan fingerprint density at radius 2 is 1.67 bits per heavy atom. The summed E-state index contributed by atoms with van der Waals surface area (Å²) in [6, 6.07) is 0. The third kappa shape index (κ3) is 11.2. The monoisotopic (exact) mass is 340 g/mol. The molecule has 0 amide bonds. The Kier molecular flexibility index (Phi) is 11.7. The highest BCUT2D eigenvalue weighted by Crippen LogP contribution is 2.10. The third-order valence-electron chi connectivity index (χ3n) is 3.09. The van der Waals surface area contributed by atoms with Gasteiger partial charge in [0, 0.05) is 18.9 Å². The molecule has 1 N–H and O–H groups in total. The fraction of sp³-hybridized carbons (Fsp3) is 0.529. The molecule has 7 heteroatoms. The van der Waals surface area contributed by atoms with Crippen LogP contribution in [-0.2, 0) is 28.7 Å². The van der Waals surface area contributed by atoms with Crippen molar-refractivity contribution in [2.75, 3.05) is 6.61 Å². The lowest BCUT2D eigenvalue weighted by Gasteiger charge is -2.14. The molecule has 0 fully saturated rings. The minimum atomic E-state index is -0.983. The third-order valence-corrected chi connectivity index (χ3v) is 3.09. The zero-order valence-electron chi connectivity index (χ0n) is 13.7. The topological polar surface area (TPSA) is 107 Å². The molecular formula is C17H24O7. The number of unbranched alkanes of at least 4 members (excludes halogenated alkanes) is 2. The number of carboxylic acid groups (broad SMARTS) is 1. The van der Waals surface area contributed by atoms with E-state index >= 15 is 0 Å². The van der Waals surface area contributed by atoms with Crippen molar-refractivity contribution >= 4 is 23.7 Å². The van der Waals surface area contributed by atoms with Crippen LogP contribution >= 0.6 is 0 Å². The van der Waals surface area contributed by atoms with E-state index in [1.54, 1.807) is 0 Å². The van der Waals surface area contributed by atoms with Gasteiger partial charge in [-0.25, -0.2) is 4.79 Å². The summed E-state index contributed by atoms with van der Waals surface area (Å²) in [6.45, 7) is 6.88. The number of esters is 2. The van der Waals surface area contributed by atoms with Gasteiger partial charge in [-0.15, -0.1) is 0 Å². The van der Waals surface area contributed by atoms with E-state index in [9.17, 15) is 19.2 Å². The van der Waals surface area contributed by atoms with Crippen molar-refractivity contribution in [2.45, 2.75) is 51.0 Å². The van der Waals surface area contributed by atoms with E-state index in [2.05, 4.69) is 13.2 Å². The molecule has 0 aliphatic carbocycles. The van der Waals surface area contributed by atoms with Gasteiger partial charge in [-0.1, -0.05) is 13.2 Å². The van der Waals surface area contributed by atoms with Crippen LogP contribution < -0.4 is 0 Å². The molecule has 24 heavy (non-hydrogen) atoms. The highest BCUT2D eigenvalue weighted by atomic mass is 16.5. The first-order valence-electron chi connectivity index (χ1n) is 7.77. The molecule has 0 saturated heterocycles. The molecule has 0 aliphatic heterocycles. The summed E-state index contributed by atoms with van der Waals surface area (Å²) in [5.41, 5.74) is 0. The number of hydrogen-bond acceptors (Lipinski definition) is 6. The molecule has 1 unspecified atom stereocenters. The zero-order chi connectivity index (χ0) is 18.4. The molecule has 1 atom stereocenters. The van der Waals surface area contributed by atoms with Gasteiger partial charge in [-0.2, -0.15) is 0 Å². The van der Waals surface area contributed by atoms with Crippen molar-refractivity contribution in [2.24, 2.45) is 0 Å².